The topological polar surface area (TPSA) is 3.24 Å². The maximum Gasteiger partial charge on any atom is 0.194 e. The second-order valence-electron chi connectivity index (χ2n) is 3.83. The van der Waals surface area contributed by atoms with Gasteiger partial charge in [-0.15, -0.1) is 0 Å². The minimum absolute atomic E-state index is 0.273. The van der Waals surface area contributed by atoms with Crippen LogP contribution < -0.4 is 0 Å². The van der Waals surface area contributed by atoms with Gasteiger partial charge < -0.3 is 4.90 Å². The Hall–Kier alpha value is -1.24. The molecule has 0 unspecified atom stereocenters. The van der Waals surface area contributed by atoms with E-state index in [-0.39, 0.29) is 5.56 Å². The Morgan fingerprint density at radius 2 is 1.67 bits per heavy atom. The third kappa shape index (κ3) is 2.19. The van der Waals surface area contributed by atoms with Crippen molar-refractivity contribution in [1.82, 2.24) is 4.90 Å². The molecule has 0 bridgehead atoms. The molecule has 0 N–H and O–H groups in total. The summed E-state index contributed by atoms with van der Waals surface area (Å²) in [5, 5.41) is 0. The van der Waals surface area contributed by atoms with Crippen molar-refractivity contribution < 1.29 is 13.2 Å². The van der Waals surface area contributed by atoms with Gasteiger partial charge in [0.25, 0.3) is 0 Å². The summed E-state index contributed by atoms with van der Waals surface area (Å²) in [6.45, 7) is 3.86. The molecule has 1 aliphatic rings. The summed E-state index contributed by atoms with van der Waals surface area (Å²) in [6.07, 6.45) is 3.50. The highest BCUT2D eigenvalue weighted by atomic mass is 127. The average Bonchev–Trinajstić information content (AvgIpc) is 2.33. The first-order chi connectivity index (χ1) is 8.41. The fourth-order valence-corrected chi connectivity index (χ4v) is 2.20. The second-order valence-corrected chi connectivity index (χ2v) is 4.99. The molecule has 1 heterocycles. The van der Waals surface area contributed by atoms with Crippen LogP contribution in [-0.4, -0.2) is 11.9 Å². The van der Waals surface area contributed by atoms with E-state index >= 15 is 0 Å². The van der Waals surface area contributed by atoms with Gasteiger partial charge >= 0.3 is 0 Å². The largest absolute Gasteiger partial charge is 0.344 e. The lowest BCUT2D eigenvalue weighted by molar-refractivity contribution is 0.446. The van der Waals surface area contributed by atoms with Gasteiger partial charge in [-0.25, -0.2) is 13.2 Å². The third-order valence-electron chi connectivity index (χ3n) is 2.71. The van der Waals surface area contributed by atoms with Crippen LogP contribution in [-0.2, 0) is 0 Å². The van der Waals surface area contributed by atoms with Gasteiger partial charge in [0.2, 0.25) is 0 Å². The maximum absolute atomic E-state index is 13.2. The van der Waals surface area contributed by atoms with Crippen molar-refractivity contribution in [3.8, 4) is 0 Å². The fraction of sp³-hybridized carbons (Fsp3) is 0.0769. The van der Waals surface area contributed by atoms with Crippen LogP contribution in [0.4, 0.5) is 13.2 Å². The lowest BCUT2D eigenvalue weighted by Gasteiger charge is -2.27. The molecule has 0 atom stereocenters. The van der Waals surface area contributed by atoms with E-state index in [9.17, 15) is 13.2 Å². The minimum atomic E-state index is -1.46. The number of rotatable bonds is 1. The van der Waals surface area contributed by atoms with E-state index in [1.807, 2.05) is 0 Å². The van der Waals surface area contributed by atoms with Gasteiger partial charge in [-0.2, -0.15) is 0 Å². The molecule has 0 spiro atoms. The van der Waals surface area contributed by atoms with Crippen LogP contribution in [0.1, 0.15) is 5.56 Å². The number of hydrogen-bond acceptors (Lipinski definition) is 1. The average molecular weight is 363 g/mol. The number of likely N-dealkylation sites (N-methyl/N-ethyl adjacent to an activating group) is 1. The first-order valence-electron chi connectivity index (χ1n) is 5.07. The SMILES string of the molecule is C=C1C(I)=CC=C(c2cc(F)c(F)c(F)c2)N1C. The highest BCUT2D eigenvalue weighted by molar-refractivity contribution is 14.1. The van der Waals surface area contributed by atoms with E-state index in [1.165, 1.54) is 0 Å². The number of benzene rings is 1. The quantitative estimate of drug-likeness (QED) is 0.534. The summed E-state index contributed by atoms with van der Waals surface area (Å²) < 4.78 is 40.2. The Bertz CT molecular complexity index is 567. The summed E-state index contributed by atoms with van der Waals surface area (Å²) in [4.78, 5) is 1.70. The van der Waals surface area contributed by atoms with Crippen molar-refractivity contribution in [2.75, 3.05) is 7.05 Å². The van der Waals surface area contributed by atoms with Crippen molar-refractivity contribution in [2.45, 2.75) is 0 Å². The van der Waals surface area contributed by atoms with Crippen molar-refractivity contribution >= 4 is 28.3 Å². The lowest BCUT2D eigenvalue weighted by Crippen LogP contribution is -2.18. The molecule has 1 aromatic carbocycles. The Labute approximate surface area is 116 Å². The molecule has 0 saturated heterocycles. The van der Waals surface area contributed by atoms with Crippen molar-refractivity contribution in [1.29, 1.82) is 0 Å². The highest BCUT2D eigenvalue weighted by Gasteiger charge is 2.19. The summed E-state index contributed by atoms with van der Waals surface area (Å²) in [5.74, 6) is -3.86. The van der Waals surface area contributed by atoms with Crippen LogP contribution in [0.5, 0.6) is 0 Å². The first-order valence-corrected chi connectivity index (χ1v) is 6.15. The smallest absolute Gasteiger partial charge is 0.194 e. The molecule has 1 aromatic rings. The predicted molar refractivity (Wildman–Crippen MR) is 73.3 cm³/mol. The van der Waals surface area contributed by atoms with Crippen LogP contribution in [0.15, 0.2) is 40.1 Å². The Kier molecular flexibility index (Phi) is 3.52. The van der Waals surface area contributed by atoms with E-state index < -0.39 is 17.5 Å². The van der Waals surface area contributed by atoms with Crippen molar-refractivity contribution in [3.63, 3.8) is 0 Å². The number of halogens is 4. The summed E-state index contributed by atoms with van der Waals surface area (Å²) in [7, 11) is 1.74. The van der Waals surface area contributed by atoms with Gasteiger partial charge in [-0.3, -0.25) is 0 Å². The van der Waals surface area contributed by atoms with Gasteiger partial charge in [-0.05, 0) is 46.9 Å². The van der Waals surface area contributed by atoms with Gasteiger partial charge in [0.05, 0.1) is 0 Å². The summed E-state index contributed by atoms with van der Waals surface area (Å²) >= 11 is 2.11. The normalized spacial score (nSPS) is 15.6. The standard InChI is InChI=1S/C13H9F3IN/c1-7-11(17)3-4-12(18(7)2)8-5-9(14)13(16)10(15)6-8/h3-6H,1H2,2H3. The van der Waals surface area contributed by atoms with Crippen molar-refractivity contribution in [3.05, 3.63) is 63.2 Å². The molecule has 0 saturated carbocycles. The zero-order chi connectivity index (χ0) is 13.4. The zero-order valence-corrected chi connectivity index (χ0v) is 11.6. The van der Waals surface area contributed by atoms with E-state index in [0.717, 1.165) is 21.4 Å². The second kappa shape index (κ2) is 4.79. The Morgan fingerprint density at radius 3 is 2.22 bits per heavy atom. The Balaban J connectivity index is 2.53. The predicted octanol–water partition coefficient (Wildman–Crippen LogP) is 4.22. The minimum Gasteiger partial charge on any atom is -0.344 e. The molecule has 0 aliphatic carbocycles. The van der Waals surface area contributed by atoms with Crippen molar-refractivity contribution in [2.24, 2.45) is 0 Å². The van der Waals surface area contributed by atoms with Gasteiger partial charge in [0.1, 0.15) is 0 Å². The third-order valence-corrected chi connectivity index (χ3v) is 3.69. The number of allylic oxidation sites excluding steroid dienone is 3. The first kappa shape index (κ1) is 13.2. The monoisotopic (exact) mass is 363 g/mol. The van der Waals surface area contributed by atoms with E-state index in [2.05, 4.69) is 29.2 Å². The molecule has 5 heteroatoms. The number of hydrogen-bond donors (Lipinski definition) is 0. The molecule has 18 heavy (non-hydrogen) atoms. The van der Waals surface area contributed by atoms with Crippen LogP contribution in [0.3, 0.4) is 0 Å². The molecule has 94 valence electrons. The zero-order valence-electron chi connectivity index (χ0n) is 9.48. The summed E-state index contributed by atoms with van der Waals surface area (Å²) in [5.41, 5.74) is 1.56. The molecule has 0 radical (unpaired) electrons. The molecule has 0 aromatic heterocycles. The lowest BCUT2D eigenvalue weighted by atomic mass is 10.1. The van der Waals surface area contributed by atoms with Gasteiger partial charge in [0.15, 0.2) is 17.5 Å². The van der Waals surface area contributed by atoms with Gasteiger partial charge in [-0.1, -0.05) is 6.58 Å². The maximum atomic E-state index is 13.2. The van der Waals surface area contributed by atoms with Crippen LogP contribution in [0.2, 0.25) is 0 Å². The molecule has 1 nitrogen and oxygen atoms in total. The molecule has 1 aliphatic heterocycles. The summed E-state index contributed by atoms with van der Waals surface area (Å²) in [6, 6.07) is 1.94. The van der Waals surface area contributed by atoms with E-state index in [0.29, 0.717) is 5.70 Å². The molecule has 2 rings (SSSR count). The van der Waals surface area contributed by atoms with E-state index in [1.54, 1.807) is 24.1 Å². The molecular weight excluding hydrogens is 354 g/mol. The fourth-order valence-electron chi connectivity index (χ4n) is 1.66. The van der Waals surface area contributed by atoms with Gasteiger partial charge in [0, 0.05) is 27.6 Å². The van der Waals surface area contributed by atoms with E-state index in [4.69, 9.17) is 0 Å². The van der Waals surface area contributed by atoms with Crippen LogP contribution in [0, 0.1) is 17.5 Å². The molecule has 0 fully saturated rings. The van der Waals surface area contributed by atoms with Crippen LogP contribution in [0.25, 0.3) is 5.70 Å². The number of nitrogens with zero attached hydrogens (tertiary/aromatic N) is 1. The Morgan fingerprint density at radius 1 is 1.11 bits per heavy atom. The molecule has 0 amide bonds. The van der Waals surface area contributed by atoms with Crippen LogP contribution >= 0.6 is 22.6 Å². The highest BCUT2D eigenvalue weighted by Crippen LogP contribution is 2.32. The molecular formula is C13H9F3IN.